The van der Waals surface area contributed by atoms with Crippen LogP contribution in [0.5, 0.6) is 0 Å². The number of rotatable bonds is 5. The number of carbonyl (C=O) groups excluding carboxylic acids is 2. The Morgan fingerprint density at radius 1 is 1.32 bits per heavy atom. The number of ether oxygens (including phenoxy) is 1. The smallest absolute Gasteiger partial charge is 0.328 e. The second-order valence-electron chi connectivity index (χ2n) is 3.96. The zero-order valence-electron chi connectivity index (χ0n) is 10.7. The molecular weight excluding hydrogens is 289 g/mol. The summed E-state index contributed by atoms with van der Waals surface area (Å²) in [5.74, 6) is -0.762. The molecule has 0 saturated carbocycles. The van der Waals surface area contributed by atoms with Gasteiger partial charge in [-0.05, 0) is 24.6 Å². The minimum atomic E-state index is -0.727. The van der Waals surface area contributed by atoms with Gasteiger partial charge in [0.2, 0.25) is 5.91 Å². The third-order valence-electron chi connectivity index (χ3n) is 2.37. The van der Waals surface area contributed by atoms with Gasteiger partial charge in [0.1, 0.15) is 6.04 Å². The molecule has 0 radical (unpaired) electrons. The zero-order chi connectivity index (χ0) is 14.4. The molecule has 0 bridgehead atoms. The predicted molar refractivity (Wildman–Crippen MR) is 74.4 cm³/mol. The van der Waals surface area contributed by atoms with Crippen molar-refractivity contribution in [1.29, 1.82) is 0 Å². The van der Waals surface area contributed by atoms with Gasteiger partial charge in [-0.1, -0.05) is 29.3 Å². The standard InChI is InChI=1S/C13H15Cl2NO3/c1-3-19-13(18)12(16-8(2)17)7-9-4-5-10(14)11(15)6-9/h4-6,12H,3,7H2,1-2H3,(H,16,17)/t12-/m0/s1. The largest absolute Gasteiger partial charge is 0.464 e. The molecule has 104 valence electrons. The van der Waals surface area contributed by atoms with E-state index in [1.165, 1.54) is 6.92 Å². The number of amides is 1. The van der Waals surface area contributed by atoms with Crippen LogP contribution < -0.4 is 5.32 Å². The van der Waals surface area contributed by atoms with Crippen molar-refractivity contribution in [3.8, 4) is 0 Å². The number of hydrogen-bond acceptors (Lipinski definition) is 3. The average molecular weight is 304 g/mol. The Kier molecular flexibility index (Phi) is 6.12. The summed E-state index contributed by atoms with van der Waals surface area (Å²) in [6.45, 7) is 3.32. The number of carbonyl (C=O) groups is 2. The molecule has 19 heavy (non-hydrogen) atoms. The van der Waals surface area contributed by atoms with Crippen molar-refractivity contribution in [3.63, 3.8) is 0 Å². The van der Waals surface area contributed by atoms with E-state index in [0.29, 0.717) is 16.5 Å². The fraction of sp³-hybridized carbons (Fsp3) is 0.385. The quantitative estimate of drug-likeness (QED) is 0.851. The SMILES string of the molecule is CCOC(=O)[C@H](Cc1ccc(Cl)c(Cl)c1)NC(C)=O. The molecular formula is C13H15Cl2NO3. The van der Waals surface area contributed by atoms with Crippen LogP contribution >= 0.6 is 23.2 Å². The minimum absolute atomic E-state index is 0.260. The highest BCUT2D eigenvalue weighted by molar-refractivity contribution is 6.42. The third-order valence-corrected chi connectivity index (χ3v) is 3.11. The number of benzene rings is 1. The number of esters is 1. The van der Waals surface area contributed by atoms with Crippen LogP contribution in [0.1, 0.15) is 19.4 Å². The van der Waals surface area contributed by atoms with Crippen molar-refractivity contribution in [3.05, 3.63) is 33.8 Å². The summed E-state index contributed by atoms with van der Waals surface area (Å²) in [5, 5.41) is 3.41. The second-order valence-corrected chi connectivity index (χ2v) is 4.77. The summed E-state index contributed by atoms with van der Waals surface area (Å²) in [4.78, 5) is 22.8. The van der Waals surface area contributed by atoms with Gasteiger partial charge in [-0.25, -0.2) is 4.79 Å². The molecule has 0 aliphatic rings. The molecule has 1 amide bonds. The van der Waals surface area contributed by atoms with Crippen LogP contribution in [0.4, 0.5) is 0 Å². The molecule has 0 saturated heterocycles. The highest BCUT2D eigenvalue weighted by Gasteiger charge is 2.21. The molecule has 0 spiro atoms. The lowest BCUT2D eigenvalue weighted by atomic mass is 10.1. The Bertz CT molecular complexity index is 477. The number of nitrogens with one attached hydrogen (secondary N) is 1. The van der Waals surface area contributed by atoms with Crippen molar-refractivity contribution in [2.75, 3.05) is 6.61 Å². The Morgan fingerprint density at radius 2 is 2.00 bits per heavy atom. The summed E-state index contributed by atoms with van der Waals surface area (Å²) in [5.41, 5.74) is 0.793. The first-order valence-corrected chi connectivity index (χ1v) is 6.57. The van der Waals surface area contributed by atoms with Crippen LogP contribution in [0.15, 0.2) is 18.2 Å². The van der Waals surface area contributed by atoms with Crippen molar-refractivity contribution >= 4 is 35.1 Å². The highest BCUT2D eigenvalue weighted by atomic mass is 35.5. The van der Waals surface area contributed by atoms with E-state index in [-0.39, 0.29) is 12.5 Å². The van der Waals surface area contributed by atoms with E-state index in [4.69, 9.17) is 27.9 Å². The maximum atomic E-state index is 11.7. The van der Waals surface area contributed by atoms with E-state index in [9.17, 15) is 9.59 Å². The molecule has 0 aromatic heterocycles. The zero-order valence-corrected chi connectivity index (χ0v) is 12.2. The lowest BCUT2D eigenvalue weighted by Gasteiger charge is -2.16. The van der Waals surface area contributed by atoms with Crippen LogP contribution in [0.25, 0.3) is 0 Å². The summed E-state index contributed by atoms with van der Waals surface area (Å²) in [6, 6.07) is 4.34. The summed E-state index contributed by atoms with van der Waals surface area (Å²) in [6.07, 6.45) is 0.301. The molecule has 0 unspecified atom stereocenters. The first kappa shape index (κ1) is 15.8. The van der Waals surface area contributed by atoms with Crippen molar-refractivity contribution in [1.82, 2.24) is 5.32 Å². The highest BCUT2D eigenvalue weighted by Crippen LogP contribution is 2.23. The van der Waals surface area contributed by atoms with E-state index in [1.54, 1.807) is 25.1 Å². The second kappa shape index (κ2) is 7.36. The Morgan fingerprint density at radius 3 is 2.53 bits per heavy atom. The molecule has 1 aromatic rings. The van der Waals surface area contributed by atoms with Gasteiger partial charge in [0.05, 0.1) is 16.7 Å². The maximum Gasteiger partial charge on any atom is 0.328 e. The van der Waals surface area contributed by atoms with Gasteiger partial charge >= 0.3 is 5.97 Å². The van der Waals surface area contributed by atoms with Crippen LogP contribution in [0, 0.1) is 0 Å². The molecule has 1 rings (SSSR count). The monoisotopic (exact) mass is 303 g/mol. The van der Waals surface area contributed by atoms with E-state index < -0.39 is 12.0 Å². The first-order valence-electron chi connectivity index (χ1n) is 5.81. The molecule has 1 aromatic carbocycles. The van der Waals surface area contributed by atoms with Gasteiger partial charge in [-0.3, -0.25) is 4.79 Å². The molecule has 1 atom stereocenters. The molecule has 1 N–H and O–H groups in total. The van der Waals surface area contributed by atoms with Gasteiger partial charge in [-0.15, -0.1) is 0 Å². The van der Waals surface area contributed by atoms with Gasteiger partial charge in [0.25, 0.3) is 0 Å². The van der Waals surface area contributed by atoms with E-state index in [1.807, 2.05) is 0 Å². The van der Waals surface area contributed by atoms with Gasteiger partial charge in [-0.2, -0.15) is 0 Å². The van der Waals surface area contributed by atoms with Gasteiger partial charge < -0.3 is 10.1 Å². The summed E-state index contributed by atoms with van der Waals surface area (Å²) >= 11 is 11.7. The van der Waals surface area contributed by atoms with Crippen LogP contribution in [-0.4, -0.2) is 24.5 Å². The van der Waals surface area contributed by atoms with E-state index in [0.717, 1.165) is 5.56 Å². The molecule has 6 heteroatoms. The third kappa shape index (κ3) is 5.09. The normalized spacial score (nSPS) is 11.8. The fourth-order valence-electron chi connectivity index (χ4n) is 1.58. The van der Waals surface area contributed by atoms with Crippen molar-refractivity contribution < 1.29 is 14.3 Å². The topological polar surface area (TPSA) is 55.4 Å². The Balaban J connectivity index is 2.83. The number of halogens is 2. The average Bonchev–Trinajstić information content (AvgIpc) is 2.33. The van der Waals surface area contributed by atoms with E-state index >= 15 is 0 Å². The Labute approximate surface area is 122 Å². The fourth-order valence-corrected chi connectivity index (χ4v) is 1.90. The lowest BCUT2D eigenvalue weighted by molar-refractivity contribution is -0.147. The van der Waals surface area contributed by atoms with Crippen LogP contribution in [-0.2, 0) is 20.7 Å². The first-order chi connectivity index (χ1) is 8.93. The van der Waals surface area contributed by atoms with Crippen molar-refractivity contribution in [2.45, 2.75) is 26.3 Å². The molecule has 0 fully saturated rings. The van der Waals surface area contributed by atoms with Crippen LogP contribution in [0.3, 0.4) is 0 Å². The predicted octanol–water partition coefficient (Wildman–Crippen LogP) is 2.60. The number of hydrogen-bond donors (Lipinski definition) is 1. The van der Waals surface area contributed by atoms with Gasteiger partial charge in [0.15, 0.2) is 0 Å². The van der Waals surface area contributed by atoms with E-state index in [2.05, 4.69) is 5.32 Å². The van der Waals surface area contributed by atoms with Crippen molar-refractivity contribution in [2.24, 2.45) is 0 Å². The summed E-state index contributed by atoms with van der Waals surface area (Å²) < 4.78 is 4.92. The molecule has 0 aliphatic heterocycles. The maximum absolute atomic E-state index is 11.7. The van der Waals surface area contributed by atoms with Crippen LogP contribution in [0.2, 0.25) is 10.0 Å². The Hall–Kier alpha value is -1.26. The molecule has 0 heterocycles. The van der Waals surface area contributed by atoms with Gasteiger partial charge in [0, 0.05) is 13.3 Å². The minimum Gasteiger partial charge on any atom is -0.464 e. The molecule has 0 aliphatic carbocycles. The molecule has 4 nitrogen and oxygen atoms in total. The lowest BCUT2D eigenvalue weighted by Crippen LogP contribution is -2.42. The summed E-state index contributed by atoms with van der Waals surface area (Å²) in [7, 11) is 0.